The Bertz CT molecular complexity index is 1060. The van der Waals surface area contributed by atoms with E-state index in [1.54, 1.807) is 24.3 Å². The van der Waals surface area contributed by atoms with E-state index in [-0.39, 0.29) is 11.5 Å². The van der Waals surface area contributed by atoms with E-state index in [2.05, 4.69) is 62.4 Å². The van der Waals surface area contributed by atoms with E-state index in [0.29, 0.717) is 0 Å². The van der Waals surface area contributed by atoms with Gasteiger partial charge in [0.2, 0.25) is 0 Å². The van der Waals surface area contributed by atoms with Gasteiger partial charge >= 0.3 is 0 Å². The Morgan fingerprint density at radius 1 is 0.533 bits per heavy atom. The molecule has 0 fully saturated rings. The van der Waals surface area contributed by atoms with Gasteiger partial charge in [-0.3, -0.25) is 0 Å². The third kappa shape index (κ3) is 3.69. The molecule has 4 rings (SSSR count). The fourth-order valence-electron chi connectivity index (χ4n) is 4.02. The van der Waals surface area contributed by atoms with Gasteiger partial charge in [-0.15, -0.1) is 0 Å². The summed E-state index contributed by atoms with van der Waals surface area (Å²) in [4.78, 5) is 0. The van der Waals surface area contributed by atoms with E-state index in [4.69, 9.17) is 0 Å². The fraction of sp³-hybridized carbons (Fsp3) is 0.143. The van der Waals surface area contributed by atoms with Crippen LogP contribution in [0, 0.1) is 0 Å². The molecule has 2 N–H and O–H groups in total. The van der Waals surface area contributed by atoms with E-state index in [1.165, 1.54) is 16.7 Å². The number of aryl methyl sites for hydroxylation is 1. The number of phenols is 2. The molecule has 0 saturated carbocycles. The van der Waals surface area contributed by atoms with Crippen molar-refractivity contribution in [2.24, 2.45) is 0 Å². The summed E-state index contributed by atoms with van der Waals surface area (Å²) in [6.07, 6.45) is 1.04. The Hall–Kier alpha value is -3.52. The fourth-order valence-corrected chi connectivity index (χ4v) is 4.02. The van der Waals surface area contributed by atoms with Gasteiger partial charge in [-0.1, -0.05) is 79.7 Å². The number of benzene rings is 4. The molecule has 0 saturated heterocycles. The summed E-state index contributed by atoms with van der Waals surface area (Å²) in [7, 11) is 0. The Balaban J connectivity index is 1.78. The molecule has 0 aliphatic heterocycles. The molecular weight excluding hydrogens is 368 g/mol. The maximum Gasteiger partial charge on any atom is 0.115 e. The molecule has 0 unspecified atom stereocenters. The van der Waals surface area contributed by atoms with E-state index in [0.717, 1.165) is 23.1 Å². The van der Waals surface area contributed by atoms with Gasteiger partial charge < -0.3 is 10.2 Å². The highest BCUT2D eigenvalue weighted by atomic mass is 16.3. The van der Waals surface area contributed by atoms with Gasteiger partial charge in [0, 0.05) is 5.41 Å². The lowest BCUT2D eigenvalue weighted by Gasteiger charge is -2.32. The summed E-state index contributed by atoms with van der Waals surface area (Å²) in [5.74, 6) is 0.496. The van der Waals surface area contributed by atoms with Gasteiger partial charge in [-0.2, -0.15) is 0 Å². The molecule has 150 valence electrons. The van der Waals surface area contributed by atoms with Gasteiger partial charge in [-0.05, 0) is 71.0 Å². The minimum Gasteiger partial charge on any atom is -0.508 e. The monoisotopic (exact) mass is 394 g/mol. The van der Waals surface area contributed by atoms with Crippen LogP contribution in [0.4, 0.5) is 0 Å². The minimum atomic E-state index is -0.425. The second kappa shape index (κ2) is 8.08. The van der Waals surface area contributed by atoms with Gasteiger partial charge in [0.1, 0.15) is 11.5 Å². The van der Waals surface area contributed by atoms with Crippen LogP contribution in [0.15, 0.2) is 97.1 Å². The SMILES string of the molecule is CCc1ccc(-c2ccc(C(C)(c3ccc(O)cc3)c3ccc(O)cc3)cc2)cc1. The normalized spacial score (nSPS) is 11.4. The lowest BCUT2D eigenvalue weighted by Crippen LogP contribution is -2.25. The molecule has 4 aromatic carbocycles. The van der Waals surface area contributed by atoms with Crippen LogP contribution in [0.5, 0.6) is 11.5 Å². The van der Waals surface area contributed by atoms with Crippen molar-refractivity contribution in [3.8, 4) is 22.6 Å². The highest BCUT2D eigenvalue weighted by Gasteiger charge is 2.31. The molecule has 0 atom stereocenters. The van der Waals surface area contributed by atoms with Crippen LogP contribution in [0.1, 0.15) is 36.1 Å². The number of hydrogen-bond donors (Lipinski definition) is 2. The van der Waals surface area contributed by atoms with Crippen molar-refractivity contribution in [1.29, 1.82) is 0 Å². The van der Waals surface area contributed by atoms with Crippen molar-refractivity contribution in [2.45, 2.75) is 25.7 Å². The topological polar surface area (TPSA) is 40.5 Å². The molecule has 0 heterocycles. The van der Waals surface area contributed by atoms with Crippen LogP contribution in [-0.2, 0) is 11.8 Å². The van der Waals surface area contributed by atoms with Crippen molar-refractivity contribution in [1.82, 2.24) is 0 Å². The Morgan fingerprint density at radius 2 is 0.867 bits per heavy atom. The predicted molar refractivity (Wildman–Crippen MR) is 123 cm³/mol. The first-order valence-electron chi connectivity index (χ1n) is 10.3. The molecule has 0 aromatic heterocycles. The Kier molecular flexibility index (Phi) is 5.33. The maximum atomic E-state index is 9.77. The van der Waals surface area contributed by atoms with E-state index >= 15 is 0 Å². The van der Waals surface area contributed by atoms with Crippen LogP contribution < -0.4 is 0 Å². The number of hydrogen-bond acceptors (Lipinski definition) is 2. The third-order valence-electron chi connectivity index (χ3n) is 6.05. The molecule has 0 bridgehead atoms. The number of aromatic hydroxyl groups is 2. The summed E-state index contributed by atoms with van der Waals surface area (Å²) in [6, 6.07) is 32.1. The Morgan fingerprint density at radius 3 is 1.23 bits per heavy atom. The summed E-state index contributed by atoms with van der Waals surface area (Å²) in [5, 5.41) is 19.5. The summed E-state index contributed by atoms with van der Waals surface area (Å²) < 4.78 is 0. The standard InChI is InChI=1S/C28H26O2/c1-3-20-4-6-21(7-5-20)22-8-10-23(11-9-22)28(2,24-12-16-26(29)17-13-24)25-14-18-27(30)19-15-25/h4-19,29-30H,3H2,1-2H3. The smallest absolute Gasteiger partial charge is 0.115 e. The molecule has 2 nitrogen and oxygen atoms in total. The van der Waals surface area contributed by atoms with Crippen molar-refractivity contribution in [3.63, 3.8) is 0 Å². The molecule has 0 aliphatic rings. The first kappa shape index (κ1) is 19.8. The van der Waals surface area contributed by atoms with Gasteiger partial charge in [0.25, 0.3) is 0 Å². The van der Waals surface area contributed by atoms with Crippen molar-refractivity contribution < 1.29 is 10.2 Å². The molecule has 4 aromatic rings. The van der Waals surface area contributed by atoms with Crippen LogP contribution >= 0.6 is 0 Å². The molecule has 2 heteroatoms. The predicted octanol–water partition coefficient (Wildman–Crippen LogP) is 6.68. The van der Waals surface area contributed by atoms with E-state index in [1.807, 2.05) is 24.3 Å². The highest BCUT2D eigenvalue weighted by molar-refractivity contribution is 5.65. The quantitative estimate of drug-likeness (QED) is 0.371. The Labute approximate surface area is 178 Å². The average molecular weight is 395 g/mol. The second-order valence-electron chi connectivity index (χ2n) is 7.85. The van der Waals surface area contributed by atoms with Gasteiger partial charge in [0.15, 0.2) is 0 Å². The zero-order valence-electron chi connectivity index (χ0n) is 17.3. The lowest BCUT2D eigenvalue weighted by molar-refractivity contribution is 0.474. The molecule has 30 heavy (non-hydrogen) atoms. The van der Waals surface area contributed by atoms with Crippen LogP contribution in [0.3, 0.4) is 0 Å². The van der Waals surface area contributed by atoms with Gasteiger partial charge in [0.05, 0.1) is 0 Å². The van der Waals surface area contributed by atoms with E-state index < -0.39 is 5.41 Å². The number of phenolic OH excluding ortho intramolecular Hbond substituents is 2. The largest absolute Gasteiger partial charge is 0.508 e. The highest BCUT2D eigenvalue weighted by Crippen LogP contribution is 2.40. The first-order chi connectivity index (χ1) is 14.5. The molecule has 0 aliphatic carbocycles. The average Bonchev–Trinajstić information content (AvgIpc) is 2.80. The maximum absolute atomic E-state index is 9.77. The van der Waals surface area contributed by atoms with Crippen molar-refractivity contribution in [3.05, 3.63) is 119 Å². The minimum absolute atomic E-state index is 0.248. The summed E-state index contributed by atoms with van der Waals surface area (Å²) >= 11 is 0. The lowest BCUT2D eigenvalue weighted by atomic mass is 9.71. The zero-order valence-corrected chi connectivity index (χ0v) is 17.3. The summed E-state index contributed by atoms with van der Waals surface area (Å²) in [5.41, 5.74) is 6.59. The zero-order chi connectivity index (χ0) is 21.1. The molecule has 0 radical (unpaired) electrons. The third-order valence-corrected chi connectivity index (χ3v) is 6.05. The van der Waals surface area contributed by atoms with Crippen LogP contribution in [0.25, 0.3) is 11.1 Å². The van der Waals surface area contributed by atoms with Crippen LogP contribution in [-0.4, -0.2) is 10.2 Å². The second-order valence-corrected chi connectivity index (χ2v) is 7.85. The summed E-state index contributed by atoms with van der Waals surface area (Å²) in [6.45, 7) is 4.34. The van der Waals surface area contributed by atoms with Crippen LogP contribution in [0.2, 0.25) is 0 Å². The van der Waals surface area contributed by atoms with Crippen molar-refractivity contribution in [2.75, 3.05) is 0 Å². The molecule has 0 spiro atoms. The molecular formula is C28H26O2. The first-order valence-corrected chi connectivity index (χ1v) is 10.3. The van der Waals surface area contributed by atoms with Gasteiger partial charge in [-0.25, -0.2) is 0 Å². The van der Waals surface area contributed by atoms with E-state index in [9.17, 15) is 10.2 Å². The number of rotatable bonds is 5. The molecule has 0 amide bonds. The van der Waals surface area contributed by atoms with Crippen molar-refractivity contribution >= 4 is 0 Å².